The van der Waals surface area contributed by atoms with Gasteiger partial charge in [-0.1, -0.05) is 23.7 Å². The molecule has 1 fully saturated rings. The predicted octanol–water partition coefficient (Wildman–Crippen LogP) is 3.50. The molecular weight excluding hydrogens is 388 g/mol. The van der Waals surface area contributed by atoms with Gasteiger partial charge in [-0.15, -0.1) is 0 Å². The molecule has 2 N–H and O–H groups in total. The van der Waals surface area contributed by atoms with Crippen LogP contribution in [0.25, 0.3) is 0 Å². The molecule has 0 aromatic heterocycles. The molecule has 1 aliphatic heterocycles. The fraction of sp³-hybridized carbons (Fsp3) is 0.318. The van der Waals surface area contributed by atoms with Gasteiger partial charge in [0.2, 0.25) is 0 Å². The quantitative estimate of drug-likeness (QED) is 0.739. The van der Waals surface area contributed by atoms with Crippen LogP contribution in [0.5, 0.6) is 0 Å². The zero-order chi connectivity index (χ0) is 20.6. The van der Waals surface area contributed by atoms with Gasteiger partial charge in [0.15, 0.2) is 0 Å². The highest BCUT2D eigenvalue weighted by Gasteiger charge is 2.15. The van der Waals surface area contributed by atoms with E-state index in [0.29, 0.717) is 18.0 Å². The van der Waals surface area contributed by atoms with Crippen LogP contribution in [0.4, 0.5) is 11.4 Å². The first-order valence-electron chi connectivity index (χ1n) is 9.69. The van der Waals surface area contributed by atoms with Crippen molar-refractivity contribution in [1.29, 1.82) is 5.26 Å². The predicted molar refractivity (Wildman–Crippen MR) is 114 cm³/mol. The first-order chi connectivity index (χ1) is 14.1. The maximum atomic E-state index is 12.1. The van der Waals surface area contributed by atoms with Gasteiger partial charge < -0.3 is 15.5 Å². The average Bonchev–Trinajstić information content (AvgIpc) is 2.75. The molecule has 3 rings (SSSR count). The molecule has 1 heterocycles. The highest BCUT2D eigenvalue weighted by molar-refractivity contribution is 6.40. The Labute approximate surface area is 175 Å². The third-order valence-corrected chi connectivity index (χ3v) is 5.15. The summed E-state index contributed by atoms with van der Waals surface area (Å²) < 4.78 is 0. The SMILES string of the molecule is N#Cc1ccc(Cl)cc1NC(=O)C(=O)NCCc1ccc(N2CCCCC2)cc1. The smallest absolute Gasteiger partial charge is 0.313 e. The van der Waals surface area contributed by atoms with Crippen LogP contribution in [0.15, 0.2) is 42.5 Å². The van der Waals surface area contributed by atoms with Gasteiger partial charge in [0, 0.05) is 30.3 Å². The fourth-order valence-corrected chi connectivity index (χ4v) is 3.49. The zero-order valence-corrected chi connectivity index (χ0v) is 16.8. The van der Waals surface area contributed by atoms with Gasteiger partial charge in [-0.05, 0) is 61.6 Å². The molecule has 0 saturated carbocycles. The number of nitrogens with one attached hydrogen (secondary N) is 2. The van der Waals surface area contributed by atoms with E-state index in [2.05, 4.69) is 39.8 Å². The van der Waals surface area contributed by atoms with E-state index in [1.165, 1.54) is 37.1 Å². The second kappa shape index (κ2) is 9.94. The Morgan fingerprint density at radius 2 is 1.76 bits per heavy atom. The summed E-state index contributed by atoms with van der Waals surface area (Å²) in [5.41, 5.74) is 2.78. The monoisotopic (exact) mass is 410 g/mol. The summed E-state index contributed by atoms with van der Waals surface area (Å²) in [6, 6.07) is 14.8. The number of nitrogens with zero attached hydrogens (tertiary/aromatic N) is 2. The van der Waals surface area contributed by atoms with Gasteiger partial charge in [0.1, 0.15) is 6.07 Å². The van der Waals surface area contributed by atoms with E-state index in [4.69, 9.17) is 16.9 Å². The number of hydrogen-bond donors (Lipinski definition) is 2. The molecule has 2 aromatic rings. The summed E-state index contributed by atoms with van der Waals surface area (Å²) in [6.45, 7) is 2.55. The molecular formula is C22H23ClN4O2. The molecule has 150 valence electrons. The number of anilines is 2. The number of amides is 2. The topological polar surface area (TPSA) is 85.2 Å². The standard InChI is InChI=1S/C22H23ClN4O2/c23-18-7-6-17(15-24)20(14-18)26-22(29)21(28)25-11-10-16-4-8-19(9-5-16)27-12-2-1-3-13-27/h4-9,14H,1-3,10-13H2,(H,25,28)(H,26,29). The van der Waals surface area contributed by atoms with Gasteiger partial charge >= 0.3 is 11.8 Å². The minimum atomic E-state index is -0.829. The molecule has 0 radical (unpaired) electrons. The Balaban J connectivity index is 1.47. The van der Waals surface area contributed by atoms with Crippen LogP contribution in [0, 0.1) is 11.3 Å². The van der Waals surface area contributed by atoms with Crippen molar-refractivity contribution in [3.63, 3.8) is 0 Å². The van der Waals surface area contributed by atoms with E-state index < -0.39 is 11.8 Å². The van der Waals surface area contributed by atoms with Crippen LogP contribution in [-0.2, 0) is 16.0 Å². The Morgan fingerprint density at radius 3 is 2.45 bits per heavy atom. The number of carbonyl (C=O) groups is 2. The summed E-state index contributed by atoms with van der Waals surface area (Å²) in [5, 5.41) is 14.5. The van der Waals surface area contributed by atoms with Crippen molar-refractivity contribution < 1.29 is 9.59 Å². The minimum absolute atomic E-state index is 0.216. The van der Waals surface area contributed by atoms with Crippen LogP contribution in [0.3, 0.4) is 0 Å². The van der Waals surface area contributed by atoms with Crippen LogP contribution in [0.1, 0.15) is 30.4 Å². The average molecular weight is 411 g/mol. The lowest BCUT2D eigenvalue weighted by Gasteiger charge is -2.28. The molecule has 0 aliphatic carbocycles. The molecule has 6 nitrogen and oxygen atoms in total. The van der Waals surface area contributed by atoms with Crippen molar-refractivity contribution in [2.75, 3.05) is 29.9 Å². The normalized spacial score (nSPS) is 13.4. The third-order valence-electron chi connectivity index (χ3n) is 4.91. The number of halogens is 1. The molecule has 2 aromatic carbocycles. The second-order valence-corrected chi connectivity index (χ2v) is 7.41. The molecule has 1 aliphatic rings. The van der Waals surface area contributed by atoms with Gasteiger partial charge in [0.05, 0.1) is 11.3 Å². The molecule has 0 bridgehead atoms. The van der Waals surface area contributed by atoms with E-state index in [1.54, 1.807) is 6.07 Å². The van der Waals surface area contributed by atoms with Crippen LogP contribution in [0.2, 0.25) is 5.02 Å². The number of carbonyl (C=O) groups excluding carboxylic acids is 2. The summed E-state index contributed by atoms with van der Waals surface area (Å²) >= 11 is 5.88. The van der Waals surface area contributed by atoms with Crippen LogP contribution in [-0.4, -0.2) is 31.4 Å². The highest BCUT2D eigenvalue weighted by atomic mass is 35.5. The summed E-state index contributed by atoms with van der Waals surface area (Å²) in [5.74, 6) is -1.58. The number of nitriles is 1. The Morgan fingerprint density at radius 1 is 1.03 bits per heavy atom. The van der Waals surface area contributed by atoms with Crippen molar-refractivity contribution in [3.8, 4) is 6.07 Å². The lowest BCUT2D eigenvalue weighted by molar-refractivity contribution is -0.136. The number of rotatable bonds is 5. The molecule has 2 amide bonds. The molecule has 0 atom stereocenters. The van der Waals surface area contributed by atoms with Crippen molar-refractivity contribution in [2.45, 2.75) is 25.7 Å². The van der Waals surface area contributed by atoms with Gasteiger partial charge in [-0.25, -0.2) is 0 Å². The maximum absolute atomic E-state index is 12.1. The third kappa shape index (κ3) is 5.72. The van der Waals surface area contributed by atoms with Gasteiger partial charge in [0.25, 0.3) is 0 Å². The second-order valence-electron chi connectivity index (χ2n) is 6.98. The van der Waals surface area contributed by atoms with E-state index >= 15 is 0 Å². The molecule has 7 heteroatoms. The maximum Gasteiger partial charge on any atom is 0.313 e. The summed E-state index contributed by atoms with van der Waals surface area (Å²) in [4.78, 5) is 26.5. The number of piperidine rings is 1. The Hall–Kier alpha value is -3.04. The van der Waals surface area contributed by atoms with Crippen molar-refractivity contribution in [3.05, 3.63) is 58.6 Å². The summed E-state index contributed by atoms with van der Waals surface area (Å²) in [6.07, 6.45) is 4.40. The first kappa shape index (κ1) is 20.7. The lowest BCUT2D eigenvalue weighted by Crippen LogP contribution is -2.36. The Bertz CT molecular complexity index is 915. The van der Waals surface area contributed by atoms with Crippen molar-refractivity contribution in [1.82, 2.24) is 5.32 Å². The molecule has 1 saturated heterocycles. The lowest BCUT2D eigenvalue weighted by atomic mass is 10.1. The minimum Gasteiger partial charge on any atom is -0.372 e. The number of benzene rings is 2. The first-order valence-corrected chi connectivity index (χ1v) is 10.1. The van der Waals surface area contributed by atoms with E-state index in [-0.39, 0.29) is 11.3 Å². The zero-order valence-electron chi connectivity index (χ0n) is 16.1. The van der Waals surface area contributed by atoms with Crippen molar-refractivity contribution >= 4 is 34.8 Å². The van der Waals surface area contributed by atoms with Gasteiger partial charge in [-0.3, -0.25) is 9.59 Å². The van der Waals surface area contributed by atoms with Crippen molar-refractivity contribution in [2.24, 2.45) is 0 Å². The molecule has 29 heavy (non-hydrogen) atoms. The van der Waals surface area contributed by atoms with Crippen LogP contribution < -0.4 is 15.5 Å². The van der Waals surface area contributed by atoms with E-state index in [0.717, 1.165) is 18.7 Å². The Kier molecular flexibility index (Phi) is 7.09. The van der Waals surface area contributed by atoms with E-state index in [9.17, 15) is 9.59 Å². The van der Waals surface area contributed by atoms with Gasteiger partial charge in [-0.2, -0.15) is 5.26 Å². The fourth-order valence-electron chi connectivity index (χ4n) is 3.32. The highest BCUT2D eigenvalue weighted by Crippen LogP contribution is 2.21. The van der Waals surface area contributed by atoms with Crippen LogP contribution >= 0.6 is 11.6 Å². The molecule has 0 spiro atoms. The summed E-state index contributed by atoms with van der Waals surface area (Å²) in [7, 11) is 0. The largest absolute Gasteiger partial charge is 0.372 e. The van der Waals surface area contributed by atoms with E-state index in [1.807, 2.05) is 6.07 Å². The number of hydrogen-bond acceptors (Lipinski definition) is 4. The molecule has 0 unspecified atom stereocenters.